The fourth-order valence-corrected chi connectivity index (χ4v) is 3.23. The molecule has 0 saturated carbocycles. The van der Waals surface area contributed by atoms with Crippen molar-refractivity contribution < 1.29 is 18.0 Å². The number of halogens is 3. The van der Waals surface area contributed by atoms with E-state index in [4.69, 9.17) is 0 Å². The molecular formula is C20H24F3N5O. The smallest absolute Gasteiger partial charge is 0.373 e. The Hall–Kier alpha value is -2.84. The highest BCUT2D eigenvalue weighted by molar-refractivity contribution is 5.85. The van der Waals surface area contributed by atoms with Crippen molar-refractivity contribution in [2.75, 3.05) is 36.4 Å². The van der Waals surface area contributed by atoms with Crippen LogP contribution in [0.4, 0.5) is 24.8 Å². The highest BCUT2D eigenvalue weighted by Crippen LogP contribution is 2.30. The van der Waals surface area contributed by atoms with Crippen LogP contribution in [0.15, 0.2) is 42.7 Å². The molecule has 1 aliphatic heterocycles. The van der Waals surface area contributed by atoms with Crippen molar-refractivity contribution in [3.8, 4) is 0 Å². The van der Waals surface area contributed by atoms with Crippen LogP contribution in [0.1, 0.15) is 19.4 Å². The summed E-state index contributed by atoms with van der Waals surface area (Å²) in [6, 6.07) is 5.98. The molecule has 156 valence electrons. The Kier molecular flexibility index (Phi) is 6.24. The van der Waals surface area contributed by atoms with Crippen molar-refractivity contribution in [3.63, 3.8) is 0 Å². The zero-order valence-corrected chi connectivity index (χ0v) is 16.4. The topological polar surface area (TPSA) is 61.4 Å². The van der Waals surface area contributed by atoms with Gasteiger partial charge in [-0.15, -0.1) is 0 Å². The van der Waals surface area contributed by atoms with Gasteiger partial charge in [0.2, 0.25) is 11.9 Å². The maximum atomic E-state index is 13.0. The van der Waals surface area contributed by atoms with Crippen molar-refractivity contribution in [2.45, 2.75) is 26.1 Å². The van der Waals surface area contributed by atoms with E-state index in [1.165, 1.54) is 12.1 Å². The Bertz CT molecular complexity index is 803. The lowest BCUT2D eigenvalue weighted by molar-refractivity contribution is -0.137. The van der Waals surface area contributed by atoms with E-state index in [2.05, 4.69) is 15.3 Å². The molecule has 1 aromatic heterocycles. The van der Waals surface area contributed by atoms with Crippen molar-refractivity contribution in [1.82, 2.24) is 14.9 Å². The van der Waals surface area contributed by atoms with Crippen molar-refractivity contribution >= 4 is 17.5 Å². The van der Waals surface area contributed by atoms with Crippen molar-refractivity contribution in [3.05, 3.63) is 48.3 Å². The van der Waals surface area contributed by atoms with Crippen LogP contribution in [0.25, 0.3) is 0 Å². The number of carbonyl (C=O) groups excluding carboxylic acids is 1. The number of nitrogens with one attached hydrogen (secondary N) is 1. The number of amides is 1. The summed E-state index contributed by atoms with van der Waals surface area (Å²) < 4.78 is 38.2. The second-order valence-corrected chi connectivity index (χ2v) is 7.30. The first-order valence-electron chi connectivity index (χ1n) is 9.50. The average Bonchev–Trinajstić information content (AvgIpc) is 2.72. The third-order valence-corrected chi connectivity index (χ3v) is 4.89. The predicted octanol–water partition coefficient (Wildman–Crippen LogP) is 3.28. The van der Waals surface area contributed by atoms with Crippen molar-refractivity contribution in [2.24, 2.45) is 5.92 Å². The first-order valence-corrected chi connectivity index (χ1v) is 9.50. The van der Waals surface area contributed by atoms with Gasteiger partial charge < -0.3 is 15.1 Å². The van der Waals surface area contributed by atoms with Crippen LogP contribution < -0.4 is 10.2 Å². The van der Waals surface area contributed by atoms with Gasteiger partial charge in [-0.05, 0) is 36.2 Å². The highest BCUT2D eigenvalue weighted by Gasteiger charge is 2.32. The Morgan fingerprint density at radius 1 is 1.03 bits per heavy atom. The number of carbonyl (C=O) groups is 1. The standard InChI is InChI=1S/C20H24F3N5O/c1-14(2)17(26-16-6-4-15(5-7-16)20(21,22)23)18(29)27-10-12-28(13-11-27)19-24-8-3-9-25-19/h3-9,14,17,26H,10-13H2,1-2H3/t17-/m1/s1. The molecule has 1 aliphatic rings. The van der Waals surface area contributed by atoms with Gasteiger partial charge in [-0.3, -0.25) is 4.79 Å². The maximum absolute atomic E-state index is 13.0. The number of benzene rings is 1. The Morgan fingerprint density at radius 3 is 2.14 bits per heavy atom. The van der Waals surface area contributed by atoms with Crippen LogP contribution in [-0.4, -0.2) is 53.0 Å². The maximum Gasteiger partial charge on any atom is 0.416 e. The summed E-state index contributed by atoms with van der Waals surface area (Å²) in [6.07, 6.45) is -1.01. The molecule has 1 fully saturated rings. The summed E-state index contributed by atoms with van der Waals surface area (Å²) in [6.45, 7) is 6.15. The number of hydrogen-bond donors (Lipinski definition) is 1. The van der Waals surface area contributed by atoms with Gasteiger partial charge in [0.05, 0.1) is 5.56 Å². The number of piperazine rings is 1. The van der Waals surface area contributed by atoms with Gasteiger partial charge in [0.1, 0.15) is 6.04 Å². The average molecular weight is 407 g/mol. The first-order chi connectivity index (χ1) is 13.8. The summed E-state index contributed by atoms with van der Waals surface area (Å²) in [7, 11) is 0. The minimum atomic E-state index is -4.38. The first kappa shape index (κ1) is 20.9. The minimum absolute atomic E-state index is 0.0275. The second kappa shape index (κ2) is 8.67. The van der Waals surface area contributed by atoms with Gasteiger partial charge in [0.25, 0.3) is 0 Å². The van der Waals surface area contributed by atoms with E-state index in [0.717, 1.165) is 12.1 Å². The largest absolute Gasteiger partial charge is 0.416 e. The summed E-state index contributed by atoms with van der Waals surface area (Å²) in [5, 5.41) is 3.10. The van der Waals surface area contributed by atoms with Crippen LogP contribution in [-0.2, 0) is 11.0 Å². The summed E-state index contributed by atoms with van der Waals surface area (Å²) in [4.78, 5) is 25.3. The van der Waals surface area contributed by atoms with Gasteiger partial charge in [-0.25, -0.2) is 9.97 Å². The molecule has 29 heavy (non-hydrogen) atoms. The summed E-state index contributed by atoms with van der Waals surface area (Å²) in [5.41, 5.74) is -0.226. The lowest BCUT2D eigenvalue weighted by Crippen LogP contribution is -2.54. The molecule has 3 rings (SSSR count). The number of hydrogen-bond acceptors (Lipinski definition) is 5. The number of rotatable bonds is 5. The normalized spacial score (nSPS) is 16.1. The minimum Gasteiger partial charge on any atom is -0.373 e. The lowest BCUT2D eigenvalue weighted by atomic mass is 10.0. The Balaban J connectivity index is 1.63. The van der Waals surface area contributed by atoms with Crippen LogP contribution in [0.5, 0.6) is 0 Å². The highest BCUT2D eigenvalue weighted by atomic mass is 19.4. The molecule has 2 aromatic rings. The molecule has 9 heteroatoms. The molecule has 6 nitrogen and oxygen atoms in total. The monoisotopic (exact) mass is 407 g/mol. The molecule has 1 saturated heterocycles. The molecule has 0 unspecified atom stereocenters. The van der Waals surface area contributed by atoms with Crippen LogP contribution in [0, 0.1) is 5.92 Å². The van der Waals surface area contributed by atoms with E-state index in [-0.39, 0.29) is 11.8 Å². The number of anilines is 2. The molecular weight excluding hydrogens is 383 g/mol. The van der Waals surface area contributed by atoms with Gasteiger partial charge in [0.15, 0.2) is 0 Å². The van der Waals surface area contributed by atoms with Gasteiger partial charge in [0, 0.05) is 44.3 Å². The van der Waals surface area contributed by atoms with Crippen LogP contribution in [0.3, 0.4) is 0 Å². The molecule has 0 bridgehead atoms. The molecule has 0 spiro atoms. The fraction of sp³-hybridized carbons (Fsp3) is 0.450. The van der Waals surface area contributed by atoms with Crippen molar-refractivity contribution in [1.29, 1.82) is 0 Å². The quantitative estimate of drug-likeness (QED) is 0.824. The lowest BCUT2D eigenvalue weighted by Gasteiger charge is -2.37. The summed E-state index contributed by atoms with van der Waals surface area (Å²) >= 11 is 0. The van der Waals surface area contributed by atoms with E-state index < -0.39 is 17.8 Å². The third-order valence-electron chi connectivity index (χ3n) is 4.89. The molecule has 1 aromatic carbocycles. The van der Waals surface area contributed by atoms with Crippen LogP contribution in [0.2, 0.25) is 0 Å². The van der Waals surface area contributed by atoms with Gasteiger partial charge in [-0.2, -0.15) is 13.2 Å². The number of aromatic nitrogens is 2. The van der Waals surface area contributed by atoms with Gasteiger partial charge in [-0.1, -0.05) is 13.8 Å². The fourth-order valence-electron chi connectivity index (χ4n) is 3.23. The Morgan fingerprint density at radius 2 is 1.62 bits per heavy atom. The second-order valence-electron chi connectivity index (χ2n) is 7.30. The molecule has 2 heterocycles. The van der Waals surface area contributed by atoms with E-state index in [0.29, 0.717) is 37.8 Å². The third kappa shape index (κ3) is 5.16. The zero-order chi connectivity index (χ0) is 21.0. The molecule has 1 N–H and O–H groups in total. The van der Waals surface area contributed by atoms with E-state index in [1.807, 2.05) is 18.7 Å². The predicted molar refractivity (Wildman–Crippen MR) is 105 cm³/mol. The molecule has 0 aliphatic carbocycles. The summed E-state index contributed by atoms with van der Waals surface area (Å²) in [5.74, 6) is 0.552. The van der Waals surface area contributed by atoms with E-state index in [9.17, 15) is 18.0 Å². The zero-order valence-electron chi connectivity index (χ0n) is 16.4. The molecule has 0 radical (unpaired) electrons. The van der Waals surface area contributed by atoms with E-state index in [1.54, 1.807) is 23.4 Å². The van der Waals surface area contributed by atoms with Crippen LogP contribution >= 0.6 is 0 Å². The van der Waals surface area contributed by atoms with Gasteiger partial charge >= 0.3 is 6.18 Å². The molecule has 1 amide bonds. The SMILES string of the molecule is CC(C)[C@@H](Nc1ccc(C(F)(F)F)cc1)C(=O)N1CCN(c2ncccn2)CC1. The molecule has 1 atom stereocenters. The number of nitrogens with zero attached hydrogens (tertiary/aromatic N) is 4. The number of alkyl halides is 3. The van der Waals surface area contributed by atoms with E-state index >= 15 is 0 Å². The Labute approximate surface area is 167 Å².